The van der Waals surface area contributed by atoms with Crippen LogP contribution in [0.5, 0.6) is 0 Å². The van der Waals surface area contributed by atoms with Crippen LogP contribution in [0.4, 0.5) is 0 Å². The van der Waals surface area contributed by atoms with Crippen molar-refractivity contribution in [1.29, 1.82) is 0 Å². The van der Waals surface area contributed by atoms with Gasteiger partial charge in [0.2, 0.25) is 0 Å². The highest BCUT2D eigenvalue weighted by atomic mass is 15.2. The van der Waals surface area contributed by atoms with Gasteiger partial charge in [0, 0.05) is 30.9 Å². The Balaban J connectivity index is 1.73. The fraction of sp³-hybridized carbons (Fsp3) is 0.688. The lowest BCUT2D eigenvalue weighted by Crippen LogP contribution is -2.51. The molecule has 2 aliphatic rings. The van der Waals surface area contributed by atoms with Crippen molar-refractivity contribution in [2.24, 2.45) is 5.92 Å². The average Bonchev–Trinajstić information content (AvgIpc) is 3.23. The molecule has 2 fully saturated rings. The van der Waals surface area contributed by atoms with Crippen molar-refractivity contribution in [3.05, 3.63) is 30.1 Å². The number of hydrogen-bond donors (Lipinski definition) is 1. The van der Waals surface area contributed by atoms with Crippen LogP contribution in [0.15, 0.2) is 24.4 Å². The molecule has 3 nitrogen and oxygen atoms in total. The van der Waals surface area contributed by atoms with Gasteiger partial charge in [-0.1, -0.05) is 6.07 Å². The van der Waals surface area contributed by atoms with Gasteiger partial charge in [-0.25, -0.2) is 0 Å². The second-order valence-corrected chi connectivity index (χ2v) is 6.48. The topological polar surface area (TPSA) is 28.2 Å². The van der Waals surface area contributed by atoms with Crippen molar-refractivity contribution in [1.82, 2.24) is 15.2 Å². The second-order valence-electron chi connectivity index (χ2n) is 6.48. The van der Waals surface area contributed by atoms with Crippen LogP contribution in [0.25, 0.3) is 0 Å². The lowest BCUT2D eigenvalue weighted by molar-refractivity contribution is 0.153. The number of nitrogens with zero attached hydrogens (tertiary/aromatic N) is 2. The van der Waals surface area contributed by atoms with E-state index in [9.17, 15) is 0 Å². The number of nitrogens with one attached hydrogen (secondary N) is 1. The fourth-order valence-corrected chi connectivity index (χ4v) is 3.29. The van der Waals surface area contributed by atoms with E-state index in [1.165, 1.54) is 25.0 Å². The van der Waals surface area contributed by atoms with Gasteiger partial charge in [-0.05, 0) is 57.7 Å². The van der Waals surface area contributed by atoms with Crippen LogP contribution in [-0.2, 0) is 6.54 Å². The molecular formula is C16H25N3. The summed E-state index contributed by atoms with van der Waals surface area (Å²) in [6, 6.07) is 6.85. The molecule has 1 saturated carbocycles. The van der Waals surface area contributed by atoms with Crippen molar-refractivity contribution in [2.45, 2.75) is 51.2 Å². The Kier molecular flexibility index (Phi) is 3.59. The summed E-state index contributed by atoms with van der Waals surface area (Å²) in [6.07, 6.45) is 5.93. The van der Waals surface area contributed by atoms with Crippen LogP contribution < -0.4 is 5.32 Å². The smallest absolute Gasteiger partial charge is 0.0544 e. The third-order valence-corrected chi connectivity index (χ3v) is 4.82. The summed E-state index contributed by atoms with van der Waals surface area (Å²) in [6.45, 7) is 8.03. The van der Waals surface area contributed by atoms with Gasteiger partial charge in [0.15, 0.2) is 0 Å². The number of aromatic nitrogens is 1. The molecule has 0 bridgehead atoms. The summed E-state index contributed by atoms with van der Waals surface area (Å²) in [7, 11) is 0. The summed E-state index contributed by atoms with van der Waals surface area (Å²) in [5, 5.41) is 3.80. The Morgan fingerprint density at radius 1 is 1.37 bits per heavy atom. The third kappa shape index (κ3) is 2.98. The molecule has 1 saturated heterocycles. The van der Waals surface area contributed by atoms with Crippen LogP contribution in [-0.4, -0.2) is 34.6 Å². The van der Waals surface area contributed by atoms with Gasteiger partial charge in [-0.2, -0.15) is 0 Å². The molecule has 2 unspecified atom stereocenters. The molecule has 3 heteroatoms. The molecule has 0 amide bonds. The van der Waals surface area contributed by atoms with E-state index in [0.29, 0.717) is 11.6 Å². The van der Waals surface area contributed by atoms with Gasteiger partial charge in [0.1, 0.15) is 0 Å². The maximum Gasteiger partial charge on any atom is 0.0544 e. The highest BCUT2D eigenvalue weighted by Crippen LogP contribution is 2.41. The molecule has 0 aromatic carbocycles. The molecule has 2 heterocycles. The summed E-state index contributed by atoms with van der Waals surface area (Å²) < 4.78 is 0. The predicted octanol–water partition coefficient (Wildman–Crippen LogP) is 2.43. The molecule has 0 radical (unpaired) electrons. The van der Waals surface area contributed by atoms with Crippen LogP contribution in [0.3, 0.4) is 0 Å². The third-order valence-electron chi connectivity index (χ3n) is 4.82. The molecule has 1 aliphatic heterocycles. The molecule has 1 aromatic rings. The maximum atomic E-state index is 4.48. The van der Waals surface area contributed by atoms with Gasteiger partial charge in [0.05, 0.1) is 5.69 Å². The predicted molar refractivity (Wildman–Crippen MR) is 77.9 cm³/mol. The number of rotatable bonds is 3. The summed E-state index contributed by atoms with van der Waals surface area (Å²) in [5.41, 5.74) is 1.49. The summed E-state index contributed by atoms with van der Waals surface area (Å²) in [4.78, 5) is 7.10. The molecule has 3 rings (SSSR count). The van der Waals surface area contributed by atoms with Crippen molar-refractivity contribution in [3.8, 4) is 0 Å². The first-order valence-corrected chi connectivity index (χ1v) is 7.56. The Labute approximate surface area is 116 Å². The zero-order chi connectivity index (χ0) is 13.3. The second kappa shape index (κ2) is 5.22. The normalized spacial score (nSPS) is 33.1. The zero-order valence-corrected chi connectivity index (χ0v) is 12.1. The monoisotopic (exact) mass is 259 g/mol. The first-order valence-electron chi connectivity index (χ1n) is 7.56. The van der Waals surface area contributed by atoms with E-state index in [1.807, 2.05) is 12.3 Å². The SMILES string of the molecule is CC1CCNC(C)(C2CC2)CN1Cc1ccccn1. The molecule has 104 valence electrons. The minimum Gasteiger partial charge on any atom is -0.310 e. The van der Waals surface area contributed by atoms with Gasteiger partial charge < -0.3 is 5.32 Å². The molecule has 1 aromatic heterocycles. The first kappa shape index (κ1) is 13.1. The largest absolute Gasteiger partial charge is 0.310 e. The minimum atomic E-state index is 0.305. The van der Waals surface area contributed by atoms with Crippen molar-refractivity contribution >= 4 is 0 Å². The maximum absolute atomic E-state index is 4.48. The summed E-state index contributed by atoms with van der Waals surface area (Å²) >= 11 is 0. The van der Waals surface area contributed by atoms with E-state index >= 15 is 0 Å². The Morgan fingerprint density at radius 3 is 2.89 bits per heavy atom. The average molecular weight is 259 g/mol. The Hall–Kier alpha value is -0.930. The lowest BCUT2D eigenvalue weighted by atomic mass is 9.95. The quantitative estimate of drug-likeness (QED) is 0.903. The van der Waals surface area contributed by atoms with Gasteiger partial charge >= 0.3 is 0 Å². The van der Waals surface area contributed by atoms with E-state index in [1.54, 1.807) is 0 Å². The molecule has 0 spiro atoms. The van der Waals surface area contributed by atoms with Crippen molar-refractivity contribution in [3.63, 3.8) is 0 Å². The van der Waals surface area contributed by atoms with Gasteiger partial charge in [-0.15, -0.1) is 0 Å². The molecule has 19 heavy (non-hydrogen) atoms. The Bertz CT molecular complexity index is 415. The van der Waals surface area contributed by atoms with Crippen LogP contribution in [0.1, 0.15) is 38.8 Å². The first-order chi connectivity index (χ1) is 9.17. The van der Waals surface area contributed by atoms with E-state index in [4.69, 9.17) is 0 Å². The molecule has 1 N–H and O–H groups in total. The standard InChI is InChI=1S/C16H25N3/c1-13-8-10-18-16(2,14-6-7-14)12-19(13)11-15-5-3-4-9-17-15/h3-5,9,13-14,18H,6-8,10-12H2,1-2H3. The van der Waals surface area contributed by atoms with Crippen LogP contribution >= 0.6 is 0 Å². The lowest BCUT2D eigenvalue weighted by Gasteiger charge is -2.35. The molecule has 2 atom stereocenters. The van der Waals surface area contributed by atoms with Gasteiger partial charge in [0.25, 0.3) is 0 Å². The Morgan fingerprint density at radius 2 is 2.21 bits per heavy atom. The molecular weight excluding hydrogens is 234 g/mol. The number of hydrogen-bond acceptors (Lipinski definition) is 3. The summed E-state index contributed by atoms with van der Waals surface area (Å²) in [5.74, 6) is 0.879. The van der Waals surface area contributed by atoms with Crippen LogP contribution in [0, 0.1) is 5.92 Å². The van der Waals surface area contributed by atoms with E-state index in [-0.39, 0.29) is 0 Å². The van der Waals surface area contributed by atoms with E-state index in [2.05, 4.69) is 41.2 Å². The highest BCUT2D eigenvalue weighted by Gasteiger charge is 2.43. The van der Waals surface area contributed by atoms with Crippen molar-refractivity contribution < 1.29 is 0 Å². The van der Waals surface area contributed by atoms with E-state index < -0.39 is 0 Å². The molecule has 1 aliphatic carbocycles. The minimum absolute atomic E-state index is 0.305. The highest BCUT2D eigenvalue weighted by molar-refractivity contribution is 5.06. The van der Waals surface area contributed by atoms with Crippen molar-refractivity contribution in [2.75, 3.05) is 13.1 Å². The zero-order valence-electron chi connectivity index (χ0n) is 12.1. The number of pyridine rings is 1. The van der Waals surface area contributed by atoms with Gasteiger partial charge in [-0.3, -0.25) is 9.88 Å². The van der Waals surface area contributed by atoms with E-state index in [0.717, 1.165) is 25.6 Å². The fourth-order valence-electron chi connectivity index (χ4n) is 3.29. The van der Waals surface area contributed by atoms with Crippen LogP contribution in [0.2, 0.25) is 0 Å².